The summed E-state index contributed by atoms with van der Waals surface area (Å²) in [6.45, 7) is 0. The lowest BCUT2D eigenvalue weighted by Gasteiger charge is -2.13. The van der Waals surface area contributed by atoms with E-state index in [1.165, 1.54) is 23.4 Å². The minimum atomic E-state index is -0.318. The number of carbonyl (C=O) groups is 1. The van der Waals surface area contributed by atoms with E-state index >= 15 is 0 Å². The van der Waals surface area contributed by atoms with Crippen LogP contribution in [-0.4, -0.2) is 28.4 Å². The van der Waals surface area contributed by atoms with Crippen LogP contribution in [0.3, 0.4) is 0 Å². The highest BCUT2D eigenvalue weighted by Crippen LogP contribution is 2.24. The first-order chi connectivity index (χ1) is 12.5. The highest BCUT2D eigenvalue weighted by molar-refractivity contribution is 7.99. The lowest BCUT2D eigenvalue weighted by molar-refractivity contribution is -0.140. The molecule has 0 fully saturated rings. The van der Waals surface area contributed by atoms with Crippen molar-refractivity contribution in [3.05, 3.63) is 62.9 Å². The van der Waals surface area contributed by atoms with Gasteiger partial charge in [-0.2, -0.15) is 0 Å². The second-order valence-electron chi connectivity index (χ2n) is 5.35. The number of carbonyl (C=O) groups excluding carboxylic acids is 1. The summed E-state index contributed by atoms with van der Waals surface area (Å²) in [5.41, 5.74) is 0.937. The summed E-state index contributed by atoms with van der Waals surface area (Å²) < 4.78 is 6.16. The number of thioether (sulfide) groups is 1. The van der Waals surface area contributed by atoms with Crippen molar-refractivity contribution in [1.82, 2.24) is 9.55 Å². The first-order valence-corrected chi connectivity index (χ1v) is 9.41. The Hall–Kier alpha value is -2.02. The van der Waals surface area contributed by atoms with Crippen LogP contribution in [0.2, 0.25) is 10.0 Å². The summed E-state index contributed by atoms with van der Waals surface area (Å²) in [5, 5.41) is 2.00. The monoisotopic (exact) mass is 408 g/mol. The molecule has 8 heteroatoms. The van der Waals surface area contributed by atoms with Gasteiger partial charge >= 0.3 is 5.97 Å². The van der Waals surface area contributed by atoms with Crippen LogP contribution in [0.4, 0.5) is 0 Å². The van der Waals surface area contributed by atoms with Gasteiger partial charge in [0, 0.05) is 15.8 Å². The summed E-state index contributed by atoms with van der Waals surface area (Å²) in [6.07, 6.45) is 0.214. The van der Waals surface area contributed by atoms with Gasteiger partial charge in [0.15, 0.2) is 5.16 Å². The SMILES string of the molecule is COC(=O)CCSc1nc2cc(Cl)ccc2c(=O)n1-c1ccc(Cl)cc1. The molecule has 0 aliphatic heterocycles. The van der Waals surface area contributed by atoms with Crippen LogP contribution in [-0.2, 0) is 9.53 Å². The van der Waals surface area contributed by atoms with Crippen molar-refractivity contribution in [1.29, 1.82) is 0 Å². The Morgan fingerprint density at radius 3 is 2.54 bits per heavy atom. The highest BCUT2D eigenvalue weighted by atomic mass is 35.5. The molecule has 3 aromatic rings. The average Bonchev–Trinajstić information content (AvgIpc) is 2.62. The Morgan fingerprint density at radius 1 is 1.15 bits per heavy atom. The molecule has 0 saturated carbocycles. The number of esters is 1. The van der Waals surface area contributed by atoms with Crippen molar-refractivity contribution in [3.63, 3.8) is 0 Å². The quantitative estimate of drug-likeness (QED) is 0.356. The third-order valence-corrected chi connectivity index (χ3v) is 5.08. The molecule has 0 atom stereocenters. The Balaban J connectivity index is 2.12. The summed E-state index contributed by atoms with van der Waals surface area (Å²) in [7, 11) is 1.34. The zero-order valence-corrected chi connectivity index (χ0v) is 16.1. The van der Waals surface area contributed by atoms with Gasteiger partial charge in [-0.1, -0.05) is 35.0 Å². The third kappa shape index (κ3) is 4.03. The van der Waals surface area contributed by atoms with Crippen molar-refractivity contribution in [3.8, 4) is 5.69 Å². The van der Waals surface area contributed by atoms with E-state index in [0.29, 0.717) is 37.5 Å². The number of ether oxygens (including phenoxy) is 1. The van der Waals surface area contributed by atoms with Gasteiger partial charge in [-0.15, -0.1) is 0 Å². The zero-order chi connectivity index (χ0) is 18.7. The fourth-order valence-electron chi connectivity index (χ4n) is 2.38. The molecule has 5 nitrogen and oxygen atoms in total. The lowest BCUT2D eigenvalue weighted by atomic mass is 10.2. The topological polar surface area (TPSA) is 61.2 Å². The Kier molecular flexibility index (Phi) is 5.86. The fourth-order valence-corrected chi connectivity index (χ4v) is 3.60. The summed E-state index contributed by atoms with van der Waals surface area (Å²) in [4.78, 5) is 29.0. The maximum Gasteiger partial charge on any atom is 0.306 e. The molecule has 0 amide bonds. The highest BCUT2D eigenvalue weighted by Gasteiger charge is 2.14. The van der Waals surface area contributed by atoms with Gasteiger partial charge in [0.2, 0.25) is 0 Å². The van der Waals surface area contributed by atoms with Crippen LogP contribution >= 0.6 is 35.0 Å². The predicted molar refractivity (Wildman–Crippen MR) is 105 cm³/mol. The van der Waals surface area contributed by atoms with E-state index in [-0.39, 0.29) is 17.9 Å². The molecular formula is C18H14Cl2N2O3S. The lowest BCUT2D eigenvalue weighted by Crippen LogP contribution is -2.22. The van der Waals surface area contributed by atoms with E-state index in [2.05, 4.69) is 9.72 Å². The zero-order valence-electron chi connectivity index (χ0n) is 13.7. The number of hydrogen-bond donors (Lipinski definition) is 0. The Morgan fingerprint density at radius 2 is 1.85 bits per heavy atom. The molecule has 0 bridgehead atoms. The van der Waals surface area contributed by atoms with E-state index in [9.17, 15) is 9.59 Å². The second kappa shape index (κ2) is 8.12. The standard InChI is InChI=1S/C18H14Cl2N2O3S/c1-25-16(23)8-9-26-18-21-15-10-12(20)4-7-14(15)17(24)22(18)13-5-2-11(19)3-6-13/h2-7,10H,8-9H2,1H3. The van der Waals surface area contributed by atoms with Crippen molar-refractivity contribution in [2.45, 2.75) is 11.6 Å². The van der Waals surface area contributed by atoms with Gasteiger partial charge in [-0.05, 0) is 42.5 Å². The van der Waals surface area contributed by atoms with Crippen LogP contribution in [0.1, 0.15) is 6.42 Å². The normalized spacial score (nSPS) is 10.9. The first kappa shape index (κ1) is 18.8. The maximum absolute atomic E-state index is 13.0. The van der Waals surface area contributed by atoms with E-state index < -0.39 is 0 Å². The largest absolute Gasteiger partial charge is 0.469 e. The molecule has 0 aliphatic carbocycles. The molecule has 0 radical (unpaired) electrons. The van der Waals surface area contributed by atoms with E-state index in [1.54, 1.807) is 42.5 Å². The molecule has 26 heavy (non-hydrogen) atoms. The van der Waals surface area contributed by atoms with Crippen molar-refractivity contribution in [2.75, 3.05) is 12.9 Å². The van der Waals surface area contributed by atoms with Gasteiger partial charge in [-0.3, -0.25) is 14.2 Å². The number of hydrogen-bond acceptors (Lipinski definition) is 5. The van der Waals surface area contributed by atoms with E-state index in [4.69, 9.17) is 23.2 Å². The number of methoxy groups -OCH3 is 1. The Labute approximate surface area is 163 Å². The smallest absolute Gasteiger partial charge is 0.306 e. The summed E-state index contributed by atoms with van der Waals surface area (Å²) >= 11 is 13.3. The number of aromatic nitrogens is 2. The van der Waals surface area contributed by atoms with Crippen LogP contribution in [0.5, 0.6) is 0 Å². The summed E-state index contributed by atoms with van der Waals surface area (Å²) in [5.74, 6) is 0.111. The fraction of sp³-hybridized carbons (Fsp3) is 0.167. The molecule has 0 saturated heterocycles. The van der Waals surface area contributed by atoms with Gasteiger partial charge in [0.1, 0.15) is 0 Å². The number of halogens is 2. The molecule has 2 aromatic carbocycles. The van der Waals surface area contributed by atoms with Crippen LogP contribution < -0.4 is 5.56 Å². The first-order valence-electron chi connectivity index (χ1n) is 7.67. The van der Waals surface area contributed by atoms with Crippen LogP contribution in [0.25, 0.3) is 16.6 Å². The molecule has 1 aromatic heterocycles. The number of nitrogens with zero attached hydrogens (tertiary/aromatic N) is 2. The molecule has 134 valence electrons. The van der Waals surface area contributed by atoms with Gasteiger partial charge < -0.3 is 4.74 Å². The molecule has 0 aliphatic rings. The number of benzene rings is 2. The number of rotatable bonds is 5. The minimum absolute atomic E-state index is 0.213. The second-order valence-corrected chi connectivity index (χ2v) is 7.28. The van der Waals surface area contributed by atoms with E-state index in [1.807, 2.05) is 0 Å². The van der Waals surface area contributed by atoms with E-state index in [0.717, 1.165) is 0 Å². The van der Waals surface area contributed by atoms with Crippen LogP contribution in [0, 0.1) is 0 Å². The molecule has 0 unspecified atom stereocenters. The van der Waals surface area contributed by atoms with Crippen molar-refractivity contribution >= 4 is 51.8 Å². The molecule has 3 rings (SSSR count). The van der Waals surface area contributed by atoms with Gasteiger partial charge in [0.05, 0.1) is 30.1 Å². The minimum Gasteiger partial charge on any atom is -0.469 e. The maximum atomic E-state index is 13.0. The van der Waals surface area contributed by atoms with Gasteiger partial charge in [-0.25, -0.2) is 4.98 Å². The third-order valence-electron chi connectivity index (χ3n) is 3.65. The predicted octanol–water partition coefficient (Wildman–Crippen LogP) is 4.35. The van der Waals surface area contributed by atoms with Crippen LogP contribution in [0.15, 0.2) is 52.4 Å². The average molecular weight is 409 g/mol. The van der Waals surface area contributed by atoms with Crippen molar-refractivity contribution < 1.29 is 9.53 Å². The van der Waals surface area contributed by atoms with Gasteiger partial charge in [0.25, 0.3) is 5.56 Å². The molecule has 0 N–H and O–H groups in total. The number of fused-ring (bicyclic) bond motifs is 1. The molecule has 1 heterocycles. The van der Waals surface area contributed by atoms with Crippen molar-refractivity contribution in [2.24, 2.45) is 0 Å². The summed E-state index contributed by atoms with van der Waals surface area (Å²) in [6, 6.07) is 11.9. The Bertz CT molecular complexity index is 1020. The molecular weight excluding hydrogens is 395 g/mol. The molecule has 0 spiro atoms.